The van der Waals surface area contributed by atoms with E-state index in [0.717, 1.165) is 24.5 Å². The van der Waals surface area contributed by atoms with E-state index in [0.29, 0.717) is 18.4 Å². The van der Waals surface area contributed by atoms with Crippen LogP contribution in [-0.4, -0.2) is 31.3 Å². The van der Waals surface area contributed by atoms with Crippen molar-refractivity contribution in [1.82, 2.24) is 0 Å². The van der Waals surface area contributed by atoms with Crippen molar-refractivity contribution in [2.24, 2.45) is 5.92 Å². The van der Waals surface area contributed by atoms with Gasteiger partial charge in [-0.25, -0.2) is 0 Å². The first-order valence-corrected chi connectivity index (χ1v) is 8.17. The normalized spacial score (nSPS) is 31.0. The minimum atomic E-state index is 0.102. The summed E-state index contributed by atoms with van der Waals surface area (Å²) in [5, 5.41) is 0. The van der Waals surface area contributed by atoms with Crippen molar-refractivity contribution >= 4 is 11.6 Å². The summed E-state index contributed by atoms with van der Waals surface area (Å²) in [6.45, 7) is 9.67. The lowest BCUT2D eigenvalue weighted by atomic mass is 9.79. The number of anilines is 1. The number of rotatable bonds is 2. The number of hydrogen-bond donors (Lipinski definition) is 0. The Morgan fingerprint density at radius 2 is 2.09 bits per heavy atom. The SMILES string of the molecule is CC(=O)N1c2ccc(OC3CCOC3)cc2[C@H](C)[C@@H](C)[C@@H]1C. The van der Waals surface area contributed by atoms with Crippen LogP contribution in [0.3, 0.4) is 0 Å². The molecule has 1 unspecified atom stereocenters. The number of benzene rings is 1. The number of carbonyl (C=O) groups excluding carboxylic acids is 1. The zero-order valence-electron chi connectivity index (χ0n) is 13.8. The van der Waals surface area contributed by atoms with E-state index in [-0.39, 0.29) is 18.1 Å². The second-order valence-corrected chi connectivity index (χ2v) is 6.60. The third kappa shape index (κ3) is 2.60. The smallest absolute Gasteiger partial charge is 0.224 e. The molecule has 0 saturated carbocycles. The monoisotopic (exact) mass is 303 g/mol. The van der Waals surface area contributed by atoms with Crippen LogP contribution in [0.1, 0.15) is 45.6 Å². The molecule has 0 bridgehead atoms. The van der Waals surface area contributed by atoms with Crippen LogP contribution in [0.15, 0.2) is 18.2 Å². The lowest BCUT2D eigenvalue weighted by Crippen LogP contribution is -2.46. The highest BCUT2D eigenvalue weighted by Crippen LogP contribution is 2.43. The molecule has 2 aliphatic rings. The average molecular weight is 303 g/mol. The number of ether oxygens (including phenoxy) is 2. The zero-order chi connectivity index (χ0) is 15.9. The summed E-state index contributed by atoms with van der Waals surface area (Å²) in [5.74, 6) is 1.81. The summed E-state index contributed by atoms with van der Waals surface area (Å²) in [5.41, 5.74) is 2.23. The van der Waals surface area contributed by atoms with Crippen LogP contribution in [0.4, 0.5) is 5.69 Å². The Morgan fingerprint density at radius 1 is 1.32 bits per heavy atom. The molecule has 0 N–H and O–H groups in total. The van der Waals surface area contributed by atoms with E-state index in [2.05, 4.69) is 26.8 Å². The van der Waals surface area contributed by atoms with Crippen LogP contribution < -0.4 is 9.64 Å². The Hall–Kier alpha value is -1.55. The fourth-order valence-electron chi connectivity index (χ4n) is 3.60. The molecule has 1 amide bonds. The van der Waals surface area contributed by atoms with E-state index >= 15 is 0 Å². The minimum Gasteiger partial charge on any atom is -0.488 e. The summed E-state index contributed by atoms with van der Waals surface area (Å²) in [6, 6.07) is 6.33. The maximum atomic E-state index is 12.1. The van der Waals surface area contributed by atoms with Gasteiger partial charge >= 0.3 is 0 Å². The maximum Gasteiger partial charge on any atom is 0.224 e. The number of carbonyl (C=O) groups is 1. The quantitative estimate of drug-likeness (QED) is 0.841. The molecule has 0 aromatic heterocycles. The van der Waals surface area contributed by atoms with Gasteiger partial charge in [0, 0.05) is 25.1 Å². The first-order chi connectivity index (χ1) is 10.5. The van der Waals surface area contributed by atoms with Gasteiger partial charge in [0.15, 0.2) is 0 Å². The van der Waals surface area contributed by atoms with E-state index in [1.165, 1.54) is 5.56 Å². The molecule has 3 rings (SSSR count). The number of fused-ring (bicyclic) bond motifs is 1. The summed E-state index contributed by atoms with van der Waals surface area (Å²) in [4.78, 5) is 14.0. The Bertz CT molecular complexity index is 565. The van der Waals surface area contributed by atoms with Gasteiger partial charge in [-0.2, -0.15) is 0 Å². The van der Waals surface area contributed by atoms with Crippen LogP contribution in [0.25, 0.3) is 0 Å². The molecular weight excluding hydrogens is 278 g/mol. The van der Waals surface area contributed by atoms with Crippen LogP contribution >= 0.6 is 0 Å². The van der Waals surface area contributed by atoms with Crippen LogP contribution in [0.5, 0.6) is 5.75 Å². The van der Waals surface area contributed by atoms with Gasteiger partial charge in [-0.05, 0) is 42.5 Å². The third-order valence-electron chi connectivity index (χ3n) is 5.24. The fourth-order valence-corrected chi connectivity index (χ4v) is 3.60. The van der Waals surface area contributed by atoms with Crippen molar-refractivity contribution in [2.45, 2.75) is 52.2 Å². The molecule has 0 aliphatic carbocycles. The highest BCUT2D eigenvalue weighted by Gasteiger charge is 2.36. The van der Waals surface area contributed by atoms with Gasteiger partial charge in [-0.15, -0.1) is 0 Å². The largest absolute Gasteiger partial charge is 0.488 e. The maximum absolute atomic E-state index is 12.1. The molecule has 0 spiro atoms. The minimum absolute atomic E-state index is 0.102. The molecular formula is C18H25NO3. The number of hydrogen-bond acceptors (Lipinski definition) is 3. The molecule has 1 aromatic rings. The van der Waals surface area contributed by atoms with E-state index in [9.17, 15) is 4.79 Å². The van der Waals surface area contributed by atoms with Gasteiger partial charge in [-0.1, -0.05) is 13.8 Å². The van der Waals surface area contributed by atoms with Crippen molar-refractivity contribution in [1.29, 1.82) is 0 Å². The zero-order valence-corrected chi connectivity index (χ0v) is 13.8. The summed E-state index contributed by atoms with van der Waals surface area (Å²) in [6.07, 6.45) is 1.09. The molecule has 1 aromatic carbocycles. The molecule has 1 fully saturated rings. The van der Waals surface area contributed by atoms with E-state index in [1.54, 1.807) is 6.92 Å². The van der Waals surface area contributed by atoms with Crippen molar-refractivity contribution in [3.8, 4) is 5.75 Å². The lowest BCUT2D eigenvalue weighted by molar-refractivity contribution is -0.117. The first-order valence-electron chi connectivity index (χ1n) is 8.17. The highest BCUT2D eigenvalue weighted by molar-refractivity contribution is 5.94. The number of amides is 1. The summed E-state index contributed by atoms with van der Waals surface area (Å²) < 4.78 is 11.4. The van der Waals surface area contributed by atoms with E-state index in [1.807, 2.05) is 17.0 Å². The van der Waals surface area contributed by atoms with Gasteiger partial charge in [-0.3, -0.25) is 4.79 Å². The molecule has 2 aliphatic heterocycles. The first kappa shape index (κ1) is 15.3. The molecule has 0 radical (unpaired) electrons. The van der Waals surface area contributed by atoms with E-state index in [4.69, 9.17) is 9.47 Å². The third-order valence-corrected chi connectivity index (χ3v) is 5.24. The average Bonchev–Trinajstić information content (AvgIpc) is 2.98. The van der Waals surface area contributed by atoms with Crippen LogP contribution in [-0.2, 0) is 9.53 Å². The topological polar surface area (TPSA) is 38.8 Å². The molecule has 22 heavy (non-hydrogen) atoms. The Kier molecular flexibility index (Phi) is 4.13. The predicted octanol–water partition coefficient (Wildman–Crippen LogP) is 3.35. The number of nitrogens with zero attached hydrogens (tertiary/aromatic N) is 1. The van der Waals surface area contributed by atoms with Gasteiger partial charge < -0.3 is 14.4 Å². The summed E-state index contributed by atoms with van der Waals surface area (Å²) >= 11 is 0. The van der Waals surface area contributed by atoms with Gasteiger partial charge in [0.05, 0.1) is 13.2 Å². The van der Waals surface area contributed by atoms with Crippen molar-refractivity contribution < 1.29 is 14.3 Å². The predicted molar refractivity (Wildman–Crippen MR) is 86.5 cm³/mol. The van der Waals surface area contributed by atoms with Crippen LogP contribution in [0.2, 0.25) is 0 Å². The van der Waals surface area contributed by atoms with Crippen LogP contribution in [0, 0.1) is 5.92 Å². The fraction of sp³-hybridized carbons (Fsp3) is 0.611. The second kappa shape index (κ2) is 5.92. The molecule has 4 atom stereocenters. The van der Waals surface area contributed by atoms with Crippen molar-refractivity contribution in [3.63, 3.8) is 0 Å². The lowest BCUT2D eigenvalue weighted by Gasteiger charge is -2.42. The summed E-state index contributed by atoms with van der Waals surface area (Å²) in [7, 11) is 0. The molecule has 4 heteroatoms. The Balaban J connectivity index is 1.93. The standard InChI is InChI=1S/C18H25NO3/c1-11-12(2)17-9-15(22-16-7-8-21-10-16)5-6-18(17)19(13(11)3)14(4)20/h5-6,9,11-13,16H,7-8,10H2,1-4H3/t11-,12-,13+,16?/m1/s1. The molecule has 4 nitrogen and oxygen atoms in total. The Morgan fingerprint density at radius 3 is 2.73 bits per heavy atom. The molecule has 2 heterocycles. The Labute approximate surface area is 132 Å². The molecule has 1 saturated heterocycles. The molecule has 120 valence electrons. The van der Waals surface area contributed by atoms with Gasteiger partial charge in [0.1, 0.15) is 11.9 Å². The van der Waals surface area contributed by atoms with Crippen molar-refractivity contribution in [2.75, 3.05) is 18.1 Å². The highest BCUT2D eigenvalue weighted by atomic mass is 16.5. The van der Waals surface area contributed by atoms with Gasteiger partial charge in [0.25, 0.3) is 0 Å². The van der Waals surface area contributed by atoms with Gasteiger partial charge in [0.2, 0.25) is 5.91 Å². The second-order valence-electron chi connectivity index (χ2n) is 6.60. The van der Waals surface area contributed by atoms with E-state index < -0.39 is 0 Å². The van der Waals surface area contributed by atoms with Crippen molar-refractivity contribution in [3.05, 3.63) is 23.8 Å².